The first-order valence-electron chi connectivity index (χ1n) is 16.4. The van der Waals surface area contributed by atoms with E-state index >= 15 is 0 Å². The maximum Gasteiger partial charge on any atom is 0.435 e. The molecule has 1 fully saturated rings. The van der Waals surface area contributed by atoms with E-state index < -0.39 is 47.2 Å². The molecule has 4 rings (SSSR count). The van der Waals surface area contributed by atoms with Crippen LogP contribution in [0.1, 0.15) is 93.2 Å². The van der Waals surface area contributed by atoms with Crippen LogP contribution in [0.15, 0.2) is 36.4 Å². The van der Waals surface area contributed by atoms with Crippen LogP contribution in [0.3, 0.4) is 0 Å². The zero-order valence-electron chi connectivity index (χ0n) is 29.9. The van der Waals surface area contributed by atoms with E-state index in [1.165, 1.54) is 12.1 Å². The largest absolute Gasteiger partial charge is 0.443 e. The molecule has 3 N–H and O–H groups in total. The summed E-state index contributed by atoms with van der Waals surface area (Å²) < 4.78 is 17.6. The Hall–Kier alpha value is -4.07. The van der Waals surface area contributed by atoms with E-state index in [1.54, 1.807) is 80.5 Å². The molecule has 0 saturated carbocycles. The van der Waals surface area contributed by atoms with Crippen LogP contribution in [0, 0.1) is 0 Å². The van der Waals surface area contributed by atoms with Gasteiger partial charge in [0, 0.05) is 17.1 Å². The predicted molar refractivity (Wildman–Crippen MR) is 193 cm³/mol. The Balaban J connectivity index is 1.77. The minimum absolute atomic E-state index is 0.0656. The lowest BCUT2D eigenvalue weighted by Gasteiger charge is -2.32. The van der Waals surface area contributed by atoms with Crippen molar-refractivity contribution in [1.82, 2.24) is 20.4 Å². The van der Waals surface area contributed by atoms with Crippen molar-refractivity contribution < 1.29 is 33.4 Å². The fraction of sp³-hybridized carbons (Fsp3) is 0.514. The van der Waals surface area contributed by atoms with E-state index in [0.717, 1.165) is 36.1 Å². The Kier molecular flexibility index (Phi) is 11.6. The SMILES string of the molecule is CC(C)(C)OC(=O)N(C(=O)OC(C)(C)C)c1nn(C(=O)OC(C)(C)C)c2ccc(NC(=O)NC(c3ccc(Cl)c(Cl)c3)[C@@H]3CCCCN3)cc12. The van der Waals surface area contributed by atoms with Crippen molar-refractivity contribution >= 4 is 69.9 Å². The third-order valence-electron chi connectivity index (χ3n) is 7.19. The van der Waals surface area contributed by atoms with Crippen molar-refractivity contribution in [3.8, 4) is 0 Å². The molecule has 2 heterocycles. The Labute approximate surface area is 302 Å². The van der Waals surface area contributed by atoms with Gasteiger partial charge < -0.3 is 30.2 Å². The highest BCUT2D eigenvalue weighted by atomic mass is 35.5. The molecule has 1 aliphatic heterocycles. The second-order valence-corrected chi connectivity index (χ2v) is 15.9. The molecule has 13 nitrogen and oxygen atoms in total. The van der Waals surface area contributed by atoms with Gasteiger partial charge in [-0.25, -0.2) is 19.2 Å². The molecule has 4 amide bonds. The van der Waals surface area contributed by atoms with E-state index in [9.17, 15) is 19.2 Å². The molecule has 1 unspecified atom stereocenters. The molecular formula is C35H46Cl2N6O7. The van der Waals surface area contributed by atoms with Crippen molar-refractivity contribution in [2.24, 2.45) is 0 Å². The first kappa shape index (κ1) is 38.7. The van der Waals surface area contributed by atoms with Gasteiger partial charge in [0.15, 0.2) is 5.82 Å². The molecule has 0 bridgehead atoms. The monoisotopic (exact) mass is 732 g/mol. The summed E-state index contributed by atoms with van der Waals surface area (Å²) in [5, 5.41) is 14.7. The van der Waals surface area contributed by atoms with E-state index in [4.69, 9.17) is 37.4 Å². The van der Waals surface area contributed by atoms with E-state index in [0.29, 0.717) is 14.9 Å². The molecule has 3 aromatic rings. The number of aromatic nitrogens is 2. The van der Waals surface area contributed by atoms with E-state index in [1.807, 2.05) is 6.07 Å². The lowest BCUT2D eigenvalue weighted by atomic mass is 9.92. The van der Waals surface area contributed by atoms with Crippen molar-refractivity contribution in [2.75, 3.05) is 16.8 Å². The summed E-state index contributed by atoms with van der Waals surface area (Å²) in [6, 6.07) is 8.76. The topological polar surface area (TPSA) is 153 Å². The van der Waals surface area contributed by atoms with Crippen LogP contribution in [-0.4, -0.2) is 63.5 Å². The average molecular weight is 734 g/mol. The fourth-order valence-corrected chi connectivity index (χ4v) is 5.55. The van der Waals surface area contributed by atoms with Gasteiger partial charge in [0.05, 0.1) is 21.6 Å². The summed E-state index contributed by atoms with van der Waals surface area (Å²) >= 11 is 12.5. The van der Waals surface area contributed by atoms with Crippen molar-refractivity contribution in [3.05, 3.63) is 52.0 Å². The number of nitrogens with zero attached hydrogens (tertiary/aromatic N) is 3. The molecule has 272 valence electrons. The molecular weight excluding hydrogens is 687 g/mol. The minimum atomic E-state index is -1.08. The van der Waals surface area contributed by atoms with Crippen molar-refractivity contribution in [3.63, 3.8) is 0 Å². The maximum atomic E-state index is 13.6. The van der Waals surface area contributed by atoms with Gasteiger partial charge >= 0.3 is 24.3 Å². The number of imide groups is 1. The summed E-state index contributed by atoms with van der Waals surface area (Å²) in [6.07, 6.45) is -0.169. The highest BCUT2D eigenvalue weighted by molar-refractivity contribution is 6.42. The molecule has 0 aliphatic carbocycles. The third-order valence-corrected chi connectivity index (χ3v) is 7.93. The van der Waals surface area contributed by atoms with Gasteiger partial charge in [-0.3, -0.25) is 0 Å². The lowest BCUT2D eigenvalue weighted by molar-refractivity contribution is 0.0420. The number of amides is 4. The number of hydrogen-bond donors (Lipinski definition) is 3. The highest BCUT2D eigenvalue weighted by Gasteiger charge is 2.37. The van der Waals surface area contributed by atoms with E-state index in [-0.39, 0.29) is 28.5 Å². The first-order valence-corrected chi connectivity index (χ1v) is 17.2. The van der Waals surface area contributed by atoms with Crippen LogP contribution in [0.5, 0.6) is 0 Å². The van der Waals surface area contributed by atoms with Crippen LogP contribution in [0.4, 0.5) is 30.7 Å². The molecule has 15 heteroatoms. The maximum absolute atomic E-state index is 13.6. The molecule has 0 spiro atoms. The normalized spacial score (nSPS) is 15.9. The van der Waals surface area contributed by atoms with Gasteiger partial charge in [0.25, 0.3) is 0 Å². The first-order chi connectivity index (χ1) is 23.1. The molecule has 1 aromatic heterocycles. The summed E-state index contributed by atoms with van der Waals surface area (Å²) in [7, 11) is 0. The van der Waals surface area contributed by atoms with Crippen LogP contribution in [-0.2, 0) is 14.2 Å². The molecule has 50 heavy (non-hydrogen) atoms. The quantitative estimate of drug-likeness (QED) is 0.218. The number of rotatable bonds is 5. The van der Waals surface area contributed by atoms with Gasteiger partial charge in [-0.05, 0) is 118 Å². The summed E-state index contributed by atoms with van der Waals surface area (Å²) in [5.74, 6) is -0.265. The number of ether oxygens (including phenoxy) is 3. The number of halogens is 2. The molecule has 1 aliphatic rings. The van der Waals surface area contributed by atoms with Crippen LogP contribution >= 0.6 is 23.2 Å². The standard InChI is InChI=1S/C35H46Cl2N6O7/c1-33(2,3)48-30(45)42(31(46)49-34(4,5)6)28-22-19-21(14-16-26(22)43(41-28)32(47)50-35(7,8)9)39-29(44)40-27(25-12-10-11-17-38-25)20-13-15-23(36)24(37)18-20/h13-16,18-19,25,27,38H,10-12,17H2,1-9H3,(H2,39,40,44)/t25-,27?/m0/s1. The zero-order valence-corrected chi connectivity index (χ0v) is 31.4. The number of hydrogen-bond acceptors (Lipinski definition) is 9. The Bertz CT molecular complexity index is 1720. The Morgan fingerprint density at radius 1 is 0.860 bits per heavy atom. The smallest absolute Gasteiger partial charge is 0.435 e. The molecule has 0 radical (unpaired) electrons. The van der Waals surface area contributed by atoms with Crippen molar-refractivity contribution in [1.29, 1.82) is 0 Å². The Morgan fingerprint density at radius 2 is 1.48 bits per heavy atom. The summed E-state index contributed by atoms with van der Waals surface area (Å²) in [5.41, 5.74) is -1.64. The summed E-state index contributed by atoms with van der Waals surface area (Å²) in [4.78, 5) is 54.7. The zero-order chi connectivity index (χ0) is 37.2. The van der Waals surface area contributed by atoms with Gasteiger partial charge in [-0.15, -0.1) is 5.10 Å². The van der Waals surface area contributed by atoms with Gasteiger partial charge in [-0.1, -0.05) is 35.7 Å². The third kappa shape index (κ3) is 10.2. The second-order valence-electron chi connectivity index (χ2n) is 15.0. The van der Waals surface area contributed by atoms with Crippen LogP contribution in [0.2, 0.25) is 10.0 Å². The highest BCUT2D eigenvalue weighted by Crippen LogP contribution is 2.33. The minimum Gasteiger partial charge on any atom is -0.443 e. The number of carbonyl (C=O) groups excluding carboxylic acids is 4. The number of urea groups is 1. The molecule has 1 saturated heterocycles. The van der Waals surface area contributed by atoms with Crippen LogP contribution in [0.25, 0.3) is 10.9 Å². The van der Waals surface area contributed by atoms with Gasteiger partial charge in [-0.2, -0.15) is 9.58 Å². The fourth-order valence-electron chi connectivity index (χ4n) is 5.25. The van der Waals surface area contributed by atoms with Gasteiger partial charge in [0.2, 0.25) is 0 Å². The molecule has 2 atom stereocenters. The lowest BCUT2D eigenvalue weighted by Crippen LogP contribution is -2.47. The number of nitrogens with one attached hydrogen (secondary N) is 3. The Morgan fingerprint density at radius 3 is 2.02 bits per heavy atom. The van der Waals surface area contributed by atoms with Gasteiger partial charge in [0.1, 0.15) is 16.8 Å². The van der Waals surface area contributed by atoms with Crippen molar-refractivity contribution in [2.45, 2.75) is 110 Å². The average Bonchev–Trinajstić information content (AvgIpc) is 3.33. The number of benzene rings is 2. The van der Waals surface area contributed by atoms with E-state index in [2.05, 4.69) is 21.0 Å². The molecule has 2 aromatic carbocycles. The number of fused-ring (bicyclic) bond motifs is 1. The van der Waals surface area contributed by atoms with Crippen LogP contribution < -0.4 is 20.9 Å². The number of piperidine rings is 1. The summed E-state index contributed by atoms with van der Waals surface area (Å²) in [6.45, 7) is 15.7. The second kappa shape index (κ2) is 15.0. The number of anilines is 2. The number of carbonyl (C=O) groups is 4. The predicted octanol–water partition coefficient (Wildman–Crippen LogP) is 8.81.